The second-order valence-electron chi connectivity index (χ2n) is 4.25. The van der Waals surface area contributed by atoms with Crippen LogP contribution in [0, 0.1) is 5.92 Å². The first-order chi connectivity index (χ1) is 7.56. The van der Waals surface area contributed by atoms with Gasteiger partial charge in [0.05, 0.1) is 5.56 Å². The van der Waals surface area contributed by atoms with E-state index in [4.69, 9.17) is 9.52 Å². The smallest absolute Gasteiger partial charge is 0.338 e. The van der Waals surface area contributed by atoms with Gasteiger partial charge in [-0.15, -0.1) is 0 Å². The Kier molecular flexibility index (Phi) is 2.68. The average molecular weight is 223 g/mol. The molecule has 16 heavy (non-hydrogen) atoms. The maximum Gasteiger partial charge on any atom is 0.338 e. The minimum absolute atomic E-state index is 0.00729. The van der Waals surface area contributed by atoms with Crippen molar-refractivity contribution < 1.29 is 19.1 Å². The predicted octanol–water partition coefficient (Wildman–Crippen LogP) is 1.51. The van der Waals surface area contributed by atoms with E-state index in [1.807, 2.05) is 0 Å². The summed E-state index contributed by atoms with van der Waals surface area (Å²) >= 11 is 0. The normalized spacial score (nSPS) is 23.6. The quantitative estimate of drug-likeness (QED) is 0.813. The lowest BCUT2D eigenvalue weighted by atomic mass is 9.82. The van der Waals surface area contributed by atoms with Crippen LogP contribution in [0.1, 0.15) is 40.7 Å². The number of furan rings is 1. The zero-order valence-electron chi connectivity index (χ0n) is 8.90. The Hall–Kier alpha value is -1.78. The van der Waals surface area contributed by atoms with Crippen molar-refractivity contribution in [3.05, 3.63) is 23.7 Å². The second-order valence-corrected chi connectivity index (χ2v) is 4.25. The van der Waals surface area contributed by atoms with E-state index in [1.165, 1.54) is 6.07 Å². The lowest BCUT2D eigenvalue weighted by Crippen LogP contribution is -2.43. The van der Waals surface area contributed by atoms with E-state index >= 15 is 0 Å². The number of nitrogens with one attached hydrogen (secondary N) is 1. The summed E-state index contributed by atoms with van der Waals surface area (Å²) in [6.45, 7) is 2.12. The van der Waals surface area contributed by atoms with Crippen molar-refractivity contribution in [1.82, 2.24) is 5.32 Å². The molecule has 0 bridgehead atoms. The van der Waals surface area contributed by atoms with Gasteiger partial charge in [-0.25, -0.2) is 4.79 Å². The third kappa shape index (κ3) is 2.08. The van der Waals surface area contributed by atoms with Gasteiger partial charge in [0.2, 0.25) is 0 Å². The Balaban J connectivity index is 1.95. The Morgan fingerprint density at radius 2 is 2.19 bits per heavy atom. The van der Waals surface area contributed by atoms with Gasteiger partial charge in [-0.05, 0) is 18.8 Å². The highest BCUT2D eigenvalue weighted by atomic mass is 16.4. The number of amides is 1. The summed E-state index contributed by atoms with van der Waals surface area (Å²) < 4.78 is 4.89. The molecule has 1 fully saturated rings. The molecule has 0 aliphatic heterocycles. The Labute approximate surface area is 92.4 Å². The molecule has 0 saturated heterocycles. The van der Waals surface area contributed by atoms with Crippen molar-refractivity contribution >= 4 is 11.9 Å². The molecule has 1 aliphatic carbocycles. The van der Waals surface area contributed by atoms with Gasteiger partial charge >= 0.3 is 5.97 Å². The Morgan fingerprint density at radius 1 is 1.50 bits per heavy atom. The fourth-order valence-electron chi connectivity index (χ4n) is 1.84. The highest BCUT2D eigenvalue weighted by molar-refractivity contribution is 5.95. The molecular weight excluding hydrogens is 210 g/mol. The molecule has 1 aliphatic rings. The van der Waals surface area contributed by atoms with E-state index in [0.717, 1.165) is 19.1 Å². The monoisotopic (exact) mass is 223 g/mol. The number of aromatic carboxylic acids is 1. The summed E-state index contributed by atoms with van der Waals surface area (Å²) in [7, 11) is 0. The number of carboxylic acids is 1. The van der Waals surface area contributed by atoms with Crippen molar-refractivity contribution in [3.8, 4) is 0 Å². The van der Waals surface area contributed by atoms with E-state index in [9.17, 15) is 9.59 Å². The van der Waals surface area contributed by atoms with Crippen LogP contribution in [0.25, 0.3) is 0 Å². The fourth-order valence-corrected chi connectivity index (χ4v) is 1.84. The van der Waals surface area contributed by atoms with Crippen molar-refractivity contribution in [2.24, 2.45) is 5.92 Å². The van der Waals surface area contributed by atoms with Crippen LogP contribution in [0.15, 0.2) is 16.7 Å². The molecule has 1 aromatic heterocycles. The van der Waals surface area contributed by atoms with Crippen molar-refractivity contribution in [1.29, 1.82) is 0 Å². The lowest BCUT2D eigenvalue weighted by molar-refractivity contribution is 0.0695. The third-order valence-corrected chi connectivity index (χ3v) is 2.78. The minimum atomic E-state index is -1.10. The predicted molar refractivity (Wildman–Crippen MR) is 55.3 cm³/mol. The largest absolute Gasteiger partial charge is 0.478 e. The molecule has 0 aromatic carbocycles. The average Bonchev–Trinajstić information content (AvgIpc) is 2.63. The molecule has 1 heterocycles. The van der Waals surface area contributed by atoms with Crippen molar-refractivity contribution in [2.75, 3.05) is 0 Å². The number of rotatable bonds is 3. The molecule has 1 saturated carbocycles. The summed E-state index contributed by atoms with van der Waals surface area (Å²) in [6, 6.07) is 1.43. The zero-order chi connectivity index (χ0) is 11.7. The van der Waals surface area contributed by atoms with Gasteiger partial charge in [0.1, 0.15) is 6.26 Å². The maximum atomic E-state index is 11.6. The van der Waals surface area contributed by atoms with Crippen LogP contribution >= 0.6 is 0 Å². The maximum absolute atomic E-state index is 11.6. The Bertz CT molecular complexity index is 417. The first kappa shape index (κ1) is 10.7. The number of hydrogen-bond acceptors (Lipinski definition) is 3. The van der Waals surface area contributed by atoms with Crippen LogP contribution in [0.3, 0.4) is 0 Å². The van der Waals surface area contributed by atoms with E-state index in [1.54, 1.807) is 0 Å². The third-order valence-electron chi connectivity index (χ3n) is 2.78. The van der Waals surface area contributed by atoms with Crippen LogP contribution in [-0.4, -0.2) is 23.0 Å². The molecule has 2 rings (SSSR count). The number of carbonyl (C=O) groups excluding carboxylic acids is 1. The molecule has 0 radical (unpaired) electrons. The van der Waals surface area contributed by atoms with Gasteiger partial charge in [-0.1, -0.05) is 6.92 Å². The second kappa shape index (κ2) is 4.00. The molecule has 0 unspecified atom stereocenters. The summed E-state index contributed by atoms with van der Waals surface area (Å²) in [5.41, 5.74) is -0.00729. The fraction of sp³-hybridized carbons (Fsp3) is 0.455. The molecule has 1 aromatic rings. The Morgan fingerprint density at radius 3 is 2.69 bits per heavy atom. The molecule has 2 N–H and O–H groups in total. The van der Waals surface area contributed by atoms with Crippen LogP contribution in [0.4, 0.5) is 0 Å². The molecule has 0 spiro atoms. The molecular formula is C11H13NO4. The van der Waals surface area contributed by atoms with Gasteiger partial charge in [-0.2, -0.15) is 0 Å². The molecule has 1 amide bonds. The van der Waals surface area contributed by atoms with E-state index < -0.39 is 5.97 Å². The van der Waals surface area contributed by atoms with E-state index in [-0.39, 0.29) is 23.3 Å². The van der Waals surface area contributed by atoms with E-state index in [2.05, 4.69) is 12.2 Å². The molecule has 0 atom stereocenters. The van der Waals surface area contributed by atoms with Crippen LogP contribution in [0.5, 0.6) is 0 Å². The van der Waals surface area contributed by atoms with E-state index in [0.29, 0.717) is 5.92 Å². The highest BCUT2D eigenvalue weighted by Gasteiger charge is 2.27. The van der Waals surface area contributed by atoms with Crippen molar-refractivity contribution in [2.45, 2.75) is 25.8 Å². The van der Waals surface area contributed by atoms with Crippen LogP contribution in [0.2, 0.25) is 0 Å². The highest BCUT2D eigenvalue weighted by Crippen LogP contribution is 2.26. The van der Waals surface area contributed by atoms with Gasteiger partial charge < -0.3 is 14.8 Å². The standard InChI is InChI=1S/C11H13NO4/c1-6-2-8(3-6)12-10(13)9-4-7(5-16-9)11(14)15/h4-6,8H,2-3H2,1H3,(H,12,13)(H,14,15). The lowest BCUT2D eigenvalue weighted by Gasteiger charge is -2.32. The number of hydrogen-bond donors (Lipinski definition) is 2. The van der Waals surface area contributed by atoms with Gasteiger partial charge in [0.25, 0.3) is 5.91 Å². The van der Waals surface area contributed by atoms with Crippen LogP contribution in [-0.2, 0) is 0 Å². The minimum Gasteiger partial charge on any atom is -0.478 e. The summed E-state index contributed by atoms with van der Waals surface area (Å²) in [5, 5.41) is 11.5. The summed E-state index contributed by atoms with van der Waals surface area (Å²) in [6.07, 6.45) is 3.01. The van der Waals surface area contributed by atoms with Crippen LogP contribution < -0.4 is 5.32 Å². The number of carbonyl (C=O) groups is 2. The molecule has 5 heteroatoms. The van der Waals surface area contributed by atoms with Crippen molar-refractivity contribution in [3.63, 3.8) is 0 Å². The zero-order valence-corrected chi connectivity index (χ0v) is 8.90. The summed E-state index contributed by atoms with van der Waals surface area (Å²) in [4.78, 5) is 22.2. The van der Waals surface area contributed by atoms with Gasteiger partial charge in [0, 0.05) is 12.1 Å². The number of carboxylic acid groups (broad SMARTS) is 1. The molecule has 86 valence electrons. The molecule has 5 nitrogen and oxygen atoms in total. The van der Waals surface area contributed by atoms with Gasteiger partial charge in [-0.3, -0.25) is 4.79 Å². The topological polar surface area (TPSA) is 79.5 Å². The SMILES string of the molecule is CC1CC(NC(=O)c2cc(C(=O)O)co2)C1. The summed E-state index contributed by atoms with van der Waals surface area (Å²) in [5.74, 6) is -0.738. The van der Waals surface area contributed by atoms with Gasteiger partial charge in [0.15, 0.2) is 5.76 Å². The first-order valence-electron chi connectivity index (χ1n) is 5.19. The first-order valence-corrected chi connectivity index (χ1v) is 5.19.